The van der Waals surface area contributed by atoms with Gasteiger partial charge in [-0.15, -0.1) is 24.0 Å². The van der Waals surface area contributed by atoms with Crippen molar-refractivity contribution in [2.45, 2.75) is 52.1 Å². The van der Waals surface area contributed by atoms with Crippen LogP contribution in [0.5, 0.6) is 0 Å². The number of hydrogen-bond donors (Lipinski definition) is 2. The highest BCUT2D eigenvalue weighted by Crippen LogP contribution is 2.11. The molecule has 2 N–H and O–H groups in total. The maximum Gasteiger partial charge on any atom is 0.191 e. The van der Waals surface area contributed by atoms with Crippen LogP contribution in [0.15, 0.2) is 4.99 Å². The lowest BCUT2D eigenvalue weighted by molar-refractivity contribution is 0.0171. The molecule has 0 spiro atoms. The second-order valence-electron chi connectivity index (χ2n) is 5.10. The van der Waals surface area contributed by atoms with Crippen molar-refractivity contribution >= 4 is 29.9 Å². The molecule has 1 fully saturated rings. The zero-order valence-electron chi connectivity index (χ0n) is 13.5. The number of nitrogens with zero attached hydrogens (tertiary/aromatic N) is 1. The molecule has 1 rings (SSSR count). The summed E-state index contributed by atoms with van der Waals surface area (Å²) in [6.45, 7) is 9.35. The predicted molar refractivity (Wildman–Crippen MR) is 98.7 cm³/mol. The Balaban J connectivity index is 0.00000400. The minimum absolute atomic E-state index is 0. The van der Waals surface area contributed by atoms with Crippen LogP contribution in [0.1, 0.15) is 46.0 Å². The summed E-state index contributed by atoms with van der Waals surface area (Å²) in [6, 6.07) is 0. The maximum absolute atomic E-state index is 5.62. The average Bonchev–Trinajstić information content (AvgIpc) is 2.96. The molecule has 0 bridgehead atoms. The van der Waals surface area contributed by atoms with Gasteiger partial charge < -0.3 is 20.1 Å². The Morgan fingerprint density at radius 2 is 2.14 bits per heavy atom. The highest BCUT2D eigenvalue weighted by atomic mass is 127. The monoisotopic (exact) mass is 413 g/mol. The Labute approximate surface area is 146 Å². The second-order valence-corrected chi connectivity index (χ2v) is 5.10. The molecule has 1 atom stereocenters. The normalized spacial score (nSPS) is 18.4. The Bertz CT molecular complexity index is 259. The number of guanidine groups is 1. The third-order valence-electron chi connectivity index (χ3n) is 3.21. The fourth-order valence-electron chi connectivity index (χ4n) is 2.07. The Kier molecular flexibility index (Phi) is 14.8. The van der Waals surface area contributed by atoms with E-state index in [2.05, 4.69) is 29.5 Å². The van der Waals surface area contributed by atoms with E-state index in [1.165, 1.54) is 19.3 Å². The van der Waals surface area contributed by atoms with Crippen LogP contribution in [0.4, 0.5) is 0 Å². The SMILES string of the molecule is CCCCNC(=NCCCOCC1CCCO1)NCC.I. The van der Waals surface area contributed by atoms with Gasteiger partial charge in [-0.05, 0) is 32.6 Å². The van der Waals surface area contributed by atoms with Gasteiger partial charge in [0.05, 0.1) is 12.7 Å². The van der Waals surface area contributed by atoms with Crippen LogP contribution in [-0.4, -0.2) is 51.5 Å². The molecule has 5 nitrogen and oxygen atoms in total. The van der Waals surface area contributed by atoms with Crippen molar-refractivity contribution in [1.29, 1.82) is 0 Å². The van der Waals surface area contributed by atoms with Gasteiger partial charge in [0.1, 0.15) is 0 Å². The van der Waals surface area contributed by atoms with Gasteiger partial charge in [0.15, 0.2) is 5.96 Å². The lowest BCUT2D eigenvalue weighted by Crippen LogP contribution is -2.37. The largest absolute Gasteiger partial charge is 0.379 e. The molecule has 0 radical (unpaired) electrons. The van der Waals surface area contributed by atoms with Crippen LogP contribution in [0.2, 0.25) is 0 Å². The first-order valence-corrected chi connectivity index (χ1v) is 8.08. The first-order valence-electron chi connectivity index (χ1n) is 8.08. The van der Waals surface area contributed by atoms with Gasteiger partial charge in [0, 0.05) is 32.8 Å². The molecule has 126 valence electrons. The molecule has 0 aromatic rings. The van der Waals surface area contributed by atoms with Gasteiger partial charge >= 0.3 is 0 Å². The minimum atomic E-state index is 0. The number of halogens is 1. The summed E-state index contributed by atoms with van der Waals surface area (Å²) in [5, 5.41) is 6.59. The molecule has 21 heavy (non-hydrogen) atoms. The van der Waals surface area contributed by atoms with Crippen LogP contribution >= 0.6 is 24.0 Å². The van der Waals surface area contributed by atoms with Crippen LogP contribution in [-0.2, 0) is 9.47 Å². The summed E-state index contributed by atoms with van der Waals surface area (Å²) in [5.41, 5.74) is 0. The fourth-order valence-corrected chi connectivity index (χ4v) is 2.07. The van der Waals surface area contributed by atoms with E-state index in [-0.39, 0.29) is 24.0 Å². The third kappa shape index (κ3) is 11.2. The lowest BCUT2D eigenvalue weighted by atomic mass is 10.2. The number of aliphatic imine (C=N–C) groups is 1. The van der Waals surface area contributed by atoms with Crippen LogP contribution in [0.25, 0.3) is 0 Å². The average molecular weight is 413 g/mol. The molecule has 0 aromatic carbocycles. The molecule has 1 heterocycles. The van der Waals surface area contributed by atoms with Crippen molar-refractivity contribution in [2.24, 2.45) is 4.99 Å². The van der Waals surface area contributed by atoms with Gasteiger partial charge in [-0.25, -0.2) is 0 Å². The van der Waals surface area contributed by atoms with Gasteiger partial charge in [0.25, 0.3) is 0 Å². The minimum Gasteiger partial charge on any atom is -0.379 e. The van der Waals surface area contributed by atoms with Gasteiger partial charge in [-0.1, -0.05) is 13.3 Å². The zero-order valence-corrected chi connectivity index (χ0v) is 15.9. The highest BCUT2D eigenvalue weighted by molar-refractivity contribution is 14.0. The topological polar surface area (TPSA) is 54.9 Å². The smallest absolute Gasteiger partial charge is 0.191 e. The molecule has 0 amide bonds. The molecule has 1 aliphatic heterocycles. The zero-order chi connectivity index (χ0) is 14.5. The summed E-state index contributed by atoms with van der Waals surface area (Å²) in [5.74, 6) is 0.917. The molecular weight excluding hydrogens is 381 g/mol. The number of unbranched alkanes of at least 4 members (excludes halogenated alkanes) is 1. The van der Waals surface area contributed by atoms with E-state index in [4.69, 9.17) is 9.47 Å². The van der Waals surface area contributed by atoms with Crippen LogP contribution < -0.4 is 10.6 Å². The van der Waals surface area contributed by atoms with E-state index in [0.717, 1.165) is 58.3 Å². The van der Waals surface area contributed by atoms with E-state index in [1.54, 1.807) is 0 Å². The van der Waals surface area contributed by atoms with Crippen molar-refractivity contribution in [2.75, 3.05) is 39.5 Å². The molecule has 1 saturated heterocycles. The highest BCUT2D eigenvalue weighted by Gasteiger charge is 2.14. The summed E-state index contributed by atoms with van der Waals surface area (Å²) in [6.07, 6.45) is 5.97. The van der Waals surface area contributed by atoms with E-state index in [9.17, 15) is 0 Å². The van der Waals surface area contributed by atoms with E-state index in [1.807, 2.05) is 0 Å². The van der Waals surface area contributed by atoms with E-state index >= 15 is 0 Å². The van der Waals surface area contributed by atoms with Crippen LogP contribution in [0, 0.1) is 0 Å². The first-order chi connectivity index (χ1) is 9.86. The van der Waals surface area contributed by atoms with Crippen molar-refractivity contribution in [3.05, 3.63) is 0 Å². The second kappa shape index (κ2) is 14.8. The number of hydrogen-bond acceptors (Lipinski definition) is 3. The number of ether oxygens (including phenoxy) is 2. The summed E-state index contributed by atoms with van der Waals surface area (Å²) >= 11 is 0. The van der Waals surface area contributed by atoms with E-state index in [0.29, 0.717) is 6.10 Å². The summed E-state index contributed by atoms with van der Waals surface area (Å²) < 4.78 is 11.1. The van der Waals surface area contributed by atoms with Crippen molar-refractivity contribution < 1.29 is 9.47 Å². The molecule has 0 aromatic heterocycles. The molecule has 0 aliphatic carbocycles. The van der Waals surface area contributed by atoms with Crippen molar-refractivity contribution in [3.8, 4) is 0 Å². The molecular formula is C15H32IN3O2. The fraction of sp³-hybridized carbons (Fsp3) is 0.933. The maximum atomic E-state index is 5.62. The van der Waals surface area contributed by atoms with Crippen molar-refractivity contribution in [1.82, 2.24) is 10.6 Å². The lowest BCUT2D eigenvalue weighted by Gasteiger charge is -2.11. The van der Waals surface area contributed by atoms with Gasteiger partial charge in [-0.3, -0.25) is 4.99 Å². The first kappa shape index (κ1) is 20.9. The van der Waals surface area contributed by atoms with Gasteiger partial charge in [0.2, 0.25) is 0 Å². The third-order valence-corrected chi connectivity index (χ3v) is 3.21. The van der Waals surface area contributed by atoms with Crippen molar-refractivity contribution in [3.63, 3.8) is 0 Å². The number of rotatable bonds is 10. The summed E-state index contributed by atoms with van der Waals surface area (Å²) in [7, 11) is 0. The van der Waals surface area contributed by atoms with Gasteiger partial charge in [-0.2, -0.15) is 0 Å². The molecule has 1 unspecified atom stereocenters. The standard InChI is InChI=1S/C15H31N3O2.HI/c1-3-5-9-17-15(16-4-2)18-10-7-11-19-13-14-8-6-12-20-14;/h14H,3-13H2,1-2H3,(H2,16,17,18);1H. The number of nitrogens with one attached hydrogen (secondary N) is 2. The molecule has 0 saturated carbocycles. The Hall–Kier alpha value is -0.0800. The van der Waals surface area contributed by atoms with Crippen LogP contribution in [0.3, 0.4) is 0 Å². The Morgan fingerprint density at radius 1 is 1.29 bits per heavy atom. The van der Waals surface area contributed by atoms with E-state index < -0.39 is 0 Å². The molecule has 6 heteroatoms. The molecule has 1 aliphatic rings. The Morgan fingerprint density at radius 3 is 2.81 bits per heavy atom. The summed E-state index contributed by atoms with van der Waals surface area (Å²) in [4.78, 5) is 4.54. The predicted octanol–water partition coefficient (Wildman–Crippen LogP) is 2.55. The quantitative estimate of drug-likeness (QED) is 0.250.